The molecule has 0 amide bonds. The Morgan fingerprint density at radius 1 is 1.53 bits per heavy atom. The van der Waals surface area contributed by atoms with Crippen LogP contribution < -0.4 is 10.6 Å². The third-order valence-electron chi connectivity index (χ3n) is 2.85. The van der Waals surface area contributed by atoms with Gasteiger partial charge < -0.3 is 15.7 Å². The first-order valence-corrected chi connectivity index (χ1v) is 5.04. The molecule has 1 unspecified atom stereocenters. The van der Waals surface area contributed by atoms with E-state index < -0.39 is 5.60 Å². The Morgan fingerprint density at radius 3 is 2.87 bits per heavy atom. The molecule has 0 aliphatic carbocycles. The maximum atomic E-state index is 9.87. The summed E-state index contributed by atoms with van der Waals surface area (Å²) < 4.78 is 0. The molecule has 1 saturated heterocycles. The van der Waals surface area contributed by atoms with E-state index in [0.29, 0.717) is 12.4 Å². The van der Waals surface area contributed by atoms with Crippen LogP contribution in [0.2, 0.25) is 0 Å². The van der Waals surface area contributed by atoms with Gasteiger partial charge in [0.25, 0.3) is 0 Å². The summed E-state index contributed by atoms with van der Waals surface area (Å²) in [6.07, 6.45) is 2.22. The fourth-order valence-corrected chi connectivity index (χ4v) is 1.90. The fraction of sp³-hybridized carbons (Fsp3) is 0.600. The largest absolute Gasteiger partial charge is 0.388 e. The van der Waals surface area contributed by atoms with Crippen LogP contribution in [0.5, 0.6) is 0 Å². The summed E-state index contributed by atoms with van der Waals surface area (Å²) in [7, 11) is 0. The van der Waals surface area contributed by atoms with E-state index in [-0.39, 0.29) is 0 Å². The van der Waals surface area contributed by atoms with Gasteiger partial charge in [0.15, 0.2) is 0 Å². The smallest absolute Gasteiger partial charge is 0.137 e. The minimum atomic E-state index is -0.619. The van der Waals surface area contributed by atoms with E-state index in [9.17, 15) is 5.11 Å². The maximum Gasteiger partial charge on any atom is 0.137 e. The van der Waals surface area contributed by atoms with Crippen molar-refractivity contribution in [1.82, 2.24) is 9.97 Å². The van der Waals surface area contributed by atoms with Crippen LogP contribution in [-0.4, -0.2) is 33.8 Å². The minimum absolute atomic E-state index is 0.506. The summed E-state index contributed by atoms with van der Waals surface area (Å²) >= 11 is 0. The highest BCUT2D eigenvalue weighted by atomic mass is 16.3. The highest BCUT2D eigenvalue weighted by molar-refractivity contribution is 5.56. The van der Waals surface area contributed by atoms with Crippen molar-refractivity contribution >= 4 is 11.6 Å². The Hall–Kier alpha value is -1.36. The molecule has 1 fully saturated rings. The van der Waals surface area contributed by atoms with Crippen LogP contribution in [-0.2, 0) is 0 Å². The molecule has 1 atom stereocenters. The number of rotatable bonds is 1. The van der Waals surface area contributed by atoms with Crippen LogP contribution in [0.25, 0.3) is 0 Å². The third kappa shape index (κ3) is 1.87. The van der Waals surface area contributed by atoms with Crippen molar-refractivity contribution < 1.29 is 5.11 Å². The molecule has 0 saturated carbocycles. The standard InChI is InChI=1S/C10H16N4O/c1-7-8(11)12-6-13-9(7)14-4-3-10(2,15)5-14/h6,15H,3-5H2,1-2H3,(H2,11,12,13). The van der Waals surface area contributed by atoms with Gasteiger partial charge in [-0.2, -0.15) is 0 Å². The van der Waals surface area contributed by atoms with Crippen molar-refractivity contribution in [2.75, 3.05) is 23.7 Å². The molecule has 1 aliphatic rings. The molecule has 82 valence electrons. The number of aliphatic hydroxyl groups is 1. The SMILES string of the molecule is Cc1c(N)ncnc1N1CCC(C)(O)C1. The van der Waals surface area contributed by atoms with Crippen molar-refractivity contribution in [2.45, 2.75) is 25.9 Å². The number of nitrogen functional groups attached to an aromatic ring is 1. The van der Waals surface area contributed by atoms with Crippen LogP contribution in [0.4, 0.5) is 11.6 Å². The van der Waals surface area contributed by atoms with Gasteiger partial charge in [-0.1, -0.05) is 0 Å². The average Bonchev–Trinajstić information content (AvgIpc) is 2.51. The highest BCUT2D eigenvalue weighted by Crippen LogP contribution is 2.28. The number of nitrogens with zero attached hydrogens (tertiary/aromatic N) is 3. The Kier molecular flexibility index (Phi) is 2.26. The summed E-state index contributed by atoms with van der Waals surface area (Å²) in [5.41, 5.74) is 5.98. The van der Waals surface area contributed by atoms with E-state index in [1.165, 1.54) is 6.33 Å². The quantitative estimate of drug-likeness (QED) is 0.695. The third-order valence-corrected chi connectivity index (χ3v) is 2.85. The first kappa shape index (κ1) is 10.2. The van der Waals surface area contributed by atoms with Gasteiger partial charge in [-0.3, -0.25) is 0 Å². The number of hydrogen-bond donors (Lipinski definition) is 2. The Balaban J connectivity index is 2.28. The molecule has 0 radical (unpaired) electrons. The zero-order valence-electron chi connectivity index (χ0n) is 9.06. The van der Waals surface area contributed by atoms with Crippen LogP contribution in [0.1, 0.15) is 18.9 Å². The first-order chi connectivity index (χ1) is 6.99. The summed E-state index contributed by atoms with van der Waals surface area (Å²) in [5, 5.41) is 9.87. The van der Waals surface area contributed by atoms with Crippen LogP contribution in [0.15, 0.2) is 6.33 Å². The lowest BCUT2D eigenvalue weighted by Gasteiger charge is -2.21. The number of hydrogen-bond acceptors (Lipinski definition) is 5. The molecule has 1 aromatic heterocycles. The molecular formula is C10H16N4O. The first-order valence-electron chi connectivity index (χ1n) is 5.04. The summed E-state index contributed by atoms with van der Waals surface area (Å²) in [6, 6.07) is 0. The minimum Gasteiger partial charge on any atom is -0.388 e. The second-order valence-corrected chi connectivity index (χ2v) is 4.38. The fourth-order valence-electron chi connectivity index (χ4n) is 1.90. The van der Waals surface area contributed by atoms with Gasteiger partial charge in [-0.05, 0) is 20.3 Å². The van der Waals surface area contributed by atoms with Crippen molar-refractivity contribution in [1.29, 1.82) is 0 Å². The molecule has 2 rings (SSSR count). The van der Waals surface area contributed by atoms with E-state index in [2.05, 4.69) is 9.97 Å². The Morgan fingerprint density at radius 2 is 2.27 bits per heavy atom. The second kappa shape index (κ2) is 3.34. The van der Waals surface area contributed by atoms with Crippen molar-refractivity contribution in [3.8, 4) is 0 Å². The number of anilines is 2. The Labute approximate surface area is 88.9 Å². The van der Waals surface area contributed by atoms with Crippen molar-refractivity contribution in [2.24, 2.45) is 0 Å². The van der Waals surface area contributed by atoms with Crippen LogP contribution in [0, 0.1) is 6.92 Å². The predicted octanol–water partition coefficient (Wildman–Crippen LogP) is 0.328. The van der Waals surface area contributed by atoms with E-state index in [1.807, 2.05) is 18.7 Å². The summed E-state index contributed by atoms with van der Waals surface area (Å²) in [4.78, 5) is 10.2. The van der Waals surface area contributed by atoms with Gasteiger partial charge in [0.05, 0.1) is 5.60 Å². The molecule has 0 bridgehead atoms. The van der Waals surface area contributed by atoms with Gasteiger partial charge in [-0.25, -0.2) is 9.97 Å². The monoisotopic (exact) mass is 208 g/mol. The van der Waals surface area contributed by atoms with E-state index in [4.69, 9.17) is 5.73 Å². The molecule has 0 spiro atoms. The molecule has 15 heavy (non-hydrogen) atoms. The molecule has 3 N–H and O–H groups in total. The van der Waals surface area contributed by atoms with Crippen LogP contribution >= 0.6 is 0 Å². The van der Waals surface area contributed by atoms with E-state index >= 15 is 0 Å². The molecule has 1 aromatic rings. The predicted molar refractivity (Wildman–Crippen MR) is 58.6 cm³/mol. The van der Waals surface area contributed by atoms with E-state index in [0.717, 1.165) is 24.3 Å². The number of nitrogens with two attached hydrogens (primary N) is 1. The van der Waals surface area contributed by atoms with Crippen molar-refractivity contribution in [3.63, 3.8) is 0 Å². The second-order valence-electron chi connectivity index (χ2n) is 4.38. The normalized spacial score (nSPS) is 25.9. The lowest BCUT2D eigenvalue weighted by atomic mass is 10.1. The average molecular weight is 208 g/mol. The lowest BCUT2D eigenvalue weighted by molar-refractivity contribution is 0.0839. The zero-order valence-corrected chi connectivity index (χ0v) is 9.06. The molecular weight excluding hydrogens is 192 g/mol. The summed E-state index contributed by atoms with van der Waals surface area (Å²) in [6.45, 7) is 5.15. The number of aromatic nitrogens is 2. The molecule has 2 heterocycles. The number of β-amino-alcohol motifs (C(OH)–C–C–N with tert-alkyl or cyclic N) is 1. The zero-order chi connectivity index (χ0) is 11.1. The van der Waals surface area contributed by atoms with Gasteiger partial charge in [0, 0.05) is 18.7 Å². The van der Waals surface area contributed by atoms with Crippen molar-refractivity contribution in [3.05, 3.63) is 11.9 Å². The topological polar surface area (TPSA) is 75.3 Å². The highest BCUT2D eigenvalue weighted by Gasteiger charge is 2.32. The molecule has 5 nitrogen and oxygen atoms in total. The molecule has 5 heteroatoms. The van der Waals surface area contributed by atoms with Gasteiger partial charge >= 0.3 is 0 Å². The van der Waals surface area contributed by atoms with E-state index in [1.54, 1.807) is 0 Å². The summed E-state index contributed by atoms with van der Waals surface area (Å²) in [5.74, 6) is 1.34. The lowest BCUT2D eigenvalue weighted by Crippen LogP contribution is -2.30. The molecule has 1 aliphatic heterocycles. The van der Waals surface area contributed by atoms with Gasteiger partial charge in [0.2, 0.25) is 0 Å². The van der Waals surface area contributed by atoms with Gasteiger partial charge in [-0.15, -0.1) is 0 Å². The van der Waals surface area contributed by atoms with Crippen LogP contribution in [0.3, 0.4) is 0 Å². The maximum absolute atomic E-state index is 9.87. The van der Waals surface area contributed by atoms with Gasteiger partial charge in [0.1, 0.15) is 18.0 Å². The Bertz CT molecular complexity index is 378. The molecule has 0 aromatic carbocycles.